The van der Waals surface area contributed by atoms with Gasteiger partial charge in [-0.1, -0.05) is 45.0 Å². The summed E-state index contributed by atoms with van der Waals surface area (Å²) >= 11 is 1.50. The van der Waals surface area contributed by atoms with Crippen LogP contribution in [0.2, 0.25) is 0 Å². The quantitative estimate of drug-likeness (QED) is 0.105. The number of hydrogen-bond acceptors (Lipinski definition) is 19. The van der Waals surface area contributed by atoms with Crippen molar-refractivity contribution in [2.45, 2.75) is 286 Å². The van der Waals surface area contributed by atoms with Crippen molar-refractivity contribution >= 4 is 34.6 Å². The molecule has 11 fully saturated rings. The summed E-state index contributed by atoms with van der Waals surface area (Å²) in [6.07, 6.45) is 8.51. The van der Waals surface area contributed by atoms with Crippen molar-refractivity contribution in [2.75, 3.05) is 6.61 Å². The standard InChI is InChI=1S/C41H64O14.C24H32O4S/c1-19-36(47)28(42)15-34(50-19)54-38-21(3)52-35(17-30(38)44)55-37-20(2)51-33(16-29(37)43)53-24-8-10-39(4)23(13-24)6-7-26-27(39)14-31(45)40(5)25(9-11-41(26,40)48)22-12-32(46)49-18-22;1-14(25)29-19-13-15-12-16(26)4-8-22(15,2)17-5-9-23(3)18(21(17)19)6-10-24(23)11-7-20(27)28-24/h12,19-21,23-31,33-38,42-45,47-48H,6-11,13-18H2,1-5H3;12,17-19,21H,4-11,13H2,1-3H3/t19-,20-,21-,23-,24+,25-,26-,27+,28+,29+,30+,31-,33+,34+,35+,36-,37-,38-,39+,40+,41+;17-,18-,19+,21+,22-,23-,24+/m10/s1. The zero-order chi connectivity index (χ0) is 59.8. The average Bonchev–Trinajstić information content (AvgIpc) is 1.44. The Kier molecular flexibility index (Phi) is 16.8. The molecule has 0 amide bonds. The van der Waals surface area contributed by atoms with Crippen LogP contribution in [-0.4, -0.2) is 163 Å². The van der Waals surface area contributed by atoms with Crippen molar-refractivity contribution in [3.8, 4) is 0 Å². The smallest absolute Gasteiger partial charge is 0.331 e. The average molecular weight is 1200 g/mol. The van der Waals surface area contributed by atoms with Gasteiger partial charge < -0.3 is 68.5 Å². The molecule has 1 spiro atoms. The van der Waals surface area contributed by atoms with Gasteiger partial charge in [0.25, 0.3) is 0 Å². The number of aliphatic hydroxyl groups excluding tert-OH is 5. The number of rotatable bonds is 8. The Morgan fingerprint density at radius 2 is 1.31 bits per heavy atom. The highest BCUT2D eigenvalue weighted by molar-refractivity contribution is 8.14. The number of carbonyl (C=O) groups is 4. The molecule has 8 aliphatic carbocycles. The van der Waals surface area contributed by atoms with Crippen LogP contribution in [0.15, 0.2) is 23.3 Å². The van der Waals surface area contributed by atoms with Crippen molar-refractivity contribution in [3.05, 3.63) is 23.3 Å². The summed E-state index contributed by atoms with van der Waals surface area (Å²) in [5.41, 5.74) is 0.202. The van der Waals surface area contributed by atoms with Gasteiger partial charge in [-0.2, -0.15) is 0 Å². The topological polar surface area (TPSA) is 263 Å². The summed E-state index contributed by atoms with van der Waals surface area (Å²) in [6, 6.07) is 0. The highest BCUT2D eigenvalue weighted by atomic mass is 32.2. The number of esters is 2. The molecule has 18 nitrogen and oxygen atoms in total. The van der Waals surface area contributed by atoms with Crippen LogP contribution in [0, 0.1) is 63.1 Å². The first kappa shape index (κ1) is 61.9. The highest BCUT2D eigenvalue weighted by Crippen LogP contribution is 2.72. The van der Waals surface area contributed by atoms with Crippen molar-refractivity contribution in [2.24, 2.45) is 63.1 Å². The number of ketones is 1. The third kappa shape index (κ3) is 10.3. The van der Waals surface area contributed by atoms with E-state index in [4.69, 9.17) is 37.9 Å². The third-order valence-corrected chi connectivity index (χ3v) is 26.7. The molecule has 0 aromatic heterocycles. The van der Waals surface area contributed by atoms with Crippen molar-refractivity contribution < 1.29 is 87.7 Å². The lowest BCUT2D eigenvalue weighted by molar-refractivity contribution is -0.336. The number of ether oxygens (including phenoxy) is 8. The summed E-state index contributed by atoms with van der Waals surface area (Å²) < 4.78 is 48.1. The Morgan fingerprint density at radius 3 is 1.93 bits per heavy atom. The highest BCUT2D eigenvalue weighted by Gasteiger charge is 2.72. The van der Waals surface area contributed by atoms with E-state index in [9.17, 15) is 49.8 Å². The van der Waals surface area contributed by atoms with Crippen LogP contribution < -0.4 is 0 Å². The van der Waals surface area contributed by atoms with Gasteiger partial charge in [0.05, 0.1) is 54.4 Å². The fraction of sp³-hybridized carbons (Fsp3) is 0.877. The third-order valence-electron chi connectivity index (χ3n) is 25.6. The van der Waals surface area contributed by atoms with Crippen molar-refractivity contribution in [1.82, 2.24) is 0 Å². The first-order chi connectivity index (χ1) is 39.7. The molecule has 4 saturated heterocycles. The molecule has 28 atom stereocenters. The second-order valence-corrected chi connectivity index (χ2v) is 30.9. The lowest BCUT2D eigenvalue weighted by atomic mass is 9.42. The van der Waals surface area contributed by atoms with Gasteiger partial charge in [0.1, 0.15) is 30.5 Å². The van der Waals surface area contributed by atoms with Crippen LogP contribution in [0.3, 0.4) is 0 Å². The van der Waals surface area contributed by atoms with Crippen LogP contribution >= 0.6 is 11.8 Å². The molecule has 13 aliphatic rings. The minimum Gasteiger partial charge on any atom is -0.458 e. The molecule has 5 aliphatic heterocycles. The minimum absolute atomic E-state index is 0.0119. The molecule has 0 radical (unpaired) electrons. The van der Waals surface area contributed by atoms with E-state index in [0.29, 0.717) is 49.4 Å². The fourth-order valence-electron chi connectivity index (χ4n) is 20.9. The van der Waals surface area contributed by atoms with Crippen molar-refractivity contribution in [3.63, 3.8) is 0 Å². The number of fused-ring (bicyclic) bond motifs is 11. The van der Waals surface area contributed by atoms with E-state index in [1.807, 2.05) is 19.9 Å². The molecule has 0 unspecified atom stereocenters. The lowest BCUT2D eigenvalue weighted by Crippen LogP contribution is -2.67. The number of hydrogen-bond donors (Lipinski definition) is 6. The van der Waals surface area contributed by atoms with Crippen molar-refractivity contribution in [1.29, 1.82) is 0 Å². The van der Waals surface area contributed by atoms with E-state index in [1.165, 1.54) is 17.3 Å². The molecule has 0 aromatic carbocycles. The zero-order valence-corrected chi connectivity index (χ0v) is 51.5. The van der Waals surface area contributed by atoms with Crippen LogP contribution in [0.4, 0.5) is 0 Å². The summed E-state index contributed by atoms with van der Waals surface area (Å²) in [5.74, 6) is 1.88. The SMILES string of the molecule is CC(=O)S[C@@H]1CC2=CC(=O)CC[C@]2(C)[C@H]2CC[C@@]3(C)[C@@H](CC[C@@]34CCC(=O)O4)[C@H]12.C[C@H]1O[C@@H](O[C@H]2[C@@H](O)C[C@H](O[C@H]3[C@@H](O)C[C@H](O[C@H]4CC[C@@]5(C)[C@H](CC[C@@H]6[C@@H]5C[C@@H](O)[C@]5(C)[C@@H](C7=CC(=O)OC7)CC[C@]65O)C4)O[C@@H]3C)O[C@@H]2C)C[C@H](O)[C@@H]1O. The van der Waals surface area contributed by atoms with E-state index in [0.717, 1.165) is 89.0 Å². The summed E-state index contributed by atoms with van der Waals surface area (Å²) in [6.45, 7) is 16.3. The molecular formula is C65H96O18S. The number of allylic oxidation sites excluding steroid dienone is 1. The summed E-state index contributed by atoms with van der Waals surface area (Å²) in [5, 5.41) is 67.3. The first-order valence-electron chi connectivity index (χ1n) is 32.3. The minimum atomic E-state index is -1.01. The van der Waals surface area contributed by atoms with E-state index in [1.54, 1.807) is 26.8 Å². The number of thioether (sulfide) groups is 1. The normalized spacial score (nSPS) is 53.1. The molecule has 470 valence electrons. The van der Waals surface area contributed by atoms with Gasteiger partial charge in [0.2, 0.25) is 0 Å². The fourth-order valence-corrected chi connectivity index (χ4v) is 22.1. The van der Waals surface area contributed by atoms with E-state index in [2.05, 4.69) is 20.8 Å². The van der Waals surface area contributed by atoms with Gasteiger partial charge in [-0.25, -0.2) is 4.79 Å². The number of carbonyl (C=O) groups excluding carboxylic acids is 4. The largest absolute Gasteiger partial charge is 0.458 e. The maximum absolute atomic E-state index is 12.6. The Morgan fingerprint density at radius 1 is 0.655 bits per heavy atom. The second-order valence-electron chi connectivity index (χ2n) is 29.5. The predicted molar refractivity (Wildman–Crippen MR) is 305 cm³/mol. The molecule has 0 bridgehead atoms. The molecule has 19 heteroatoms. The molecule has 7 saturated carbocycles. The van der Waals surface area contributed by atoms with Crippen LogP contribution in [0.1, 0.15) is 184 Å². The number of aliphatic hydroxyl groups is 6. The monoisotopic (exact) mass is 1200 g/mol. The van der Waals surface area contributed by atoms with Gasteiger partial charge in [-0.15, -0.1) is 0 Å². The van der Waals surface area contributed by atoms with Crippen LogP contribution in [0.25, 0.3) is 0 Å². The van der Waals surface area contributed by atoms with E-state index in [-0.39, 0.29) is 99.7 Å². The summed E-state index contributed by atoms with van der Waals surface area (Å²) in [4.78, 5) is 48.4. The van der Waals surface area contributed by atoms with Gasteiger partial charge in [0.15, 0.2) is 29.8 Å². The van der Waals surface area contributed by atoms with Gasteiger partial charge >= 0.3 is 11.9 Å². The van der Waals surface area contributed by atoms with Gasteiger partial charge in [-0.3, -0.25) is 14.4 Å². The van der Waals surface area contributed by atoms with E-state index < -0.39 is 90.9 Å². The molecule has 84 heavy (non-hydrogen) atoms. The van der Waals surface area contributed by atoms with Crippen LogP contribution in [0.5, 0.6) is 0 Å². The molecular weight excluding hydrogens is 1100 g/mol. The number of cyclic esters (lactones) is 1. The first-order valence-corrected chi connectivity index (χ1v) is 33.1. The molecule has 0 aromatic rings. The Bertz CT molecular complexity index is 2560. The molecule has 6 N–H and O–H groups in total. The lowest BCUT2D eigenvalue weighted by Gasteiger charge is -2.65. The van der Waals surface area contributed by atoms with Crippen LogP contribution in [-0.2, 0) is 57.1 Å². The predicted octanol–water partition coefficient (Wildman–Crippen LogP) is 7.07. The second kappa shape index (κ2) is 22.8. The Balaban J connectivity index is 0.000000200. The zero-order valence-electron chi connectivity index (χ0n) is 50.7. The Hall–Kier alpha value is -2.37. The van der Waals surface area contributed by atoms with E-state index >= 15 is 0 Å². The summed E-state index contributed by atoms with van der Waals surface area (Å²) in [7, 11) is 0. The molecule has 5 heterocycles. The maximum Gasteiger partial charge on any atom is 0.331 e. The Labute approximate surface area is 499 Å². The maximum atomic E-state index is 12.6. The van der Waals surface area contributed by atoms with Gasteiger partial charge in [0, 0.05) is 61.2 Å². The molecule has 13 rings (SSSR count). The van der Waals surface area contributed by atoms with Gasteiger partial charge in [-0.05, 0) is 181 Å².